The van der Waals surface area contributed by atoms with Crippen LogP contribution >= 0.6 is 0 Å². The Balaban J connectivity index is 2.67. The number of hydrogen-bond donors (Lipinski definition) is 2. The maximum absolute atomic E-state index is 12.0. The number of amides is 1. The lowest BCUT2D eigenvalue weighted by Gasteiger charge is -2.15. The van der Waals surface area contributed by atoms with Crippen LogP contribution in [0.15, 0.2) is 18.2 Å². The molecule has 1 unspecified atom stereocenters. The minimum atomic E-state index is 0.00993. The van der Waals surface area contributed by atoms with Crippen molar-refractivity contribution < 1.29 is 4.79 Å². The van der Waals surface area contributed by atoms with Gasteiger partial charge in [0.25, 0.3) is 5.91 Å². The maximum Gasteiger partial charge on any atom is 0.251 e. The van der Waals surface area contributed by atoms with Gasteiger partial charge < -0.3 is 11.1 Å². The van der Waals surface area contributed by atoms with Crippen molar-refractivity contribution in [1.29, 1.82) is 0 Å². The van der Waals surface area contributed by atoms with Crippen molar-refractivity contribution >= 4 is 5.91 Å². The SMILES string of the molecule is Cc1cccc(C(=O)NC(C)CCCN)c1C. The molecule has 0 saturated heterocycles. The number of nitrogens with one attached hydrogen (secondary N) is 1. The quantitative estimate of drug-likeness (QED) is 0.820. The highest BCUT2D eigenvalue weighted by atomic mass is 16.1. The van der Waals surface area contributed by atoms with Crippen LogP contribution in [0.5, 0.6) is 0 Å². The van der Waals surface area contributed by atoms with Gasteiger partial charge in [0.15, 0.2) is 0 Å². The summed E-state index contributed by atoms with van der Waals surface area (Å²) in [5.41, 5.74) is 8.42. The zero-order chi connectivity index (χ0) is 12.8. The molecule has 0 spiro atoms. The molecule has 3 N–H and O–H groups in total. The fourth-order valence-corrected chi connectivity index (χ4v) is 1.79. The molecule has 17 heavy (non-hydrogen) atoms. The number of aryl methyl sites for hydroxylation is 1. The topological polar surface area (TPSA) is 55.1 Å². The standard InChI is InChI=1S/C14H22N2O/c1-10-6-4-8-13(12(10)3)14(17)16-11(2)7-5-9-15/h4,6,8,11H,5,7,9,15H2,1-3H3,(H,16,17). The van der Waals surface area contributed by atoms with Crippen LogP contribution in [0.3, 0.4) is 0 Å². The van der Waals surface area contributed by atoms with Crippen molar-refractivity contribution in [2.75, 3.05) is 6.54 Å². The van der Waals surface area contributed by atoms with E-state index in [1.54, 1.807) is 0 Å². The maximum atomic E-state index is 12.0. The first-order chi connectivity index (χ1) is 8.06. The van der Waals surface area contributed by atoms with E-state index >= 15 is 0 Å². The van der Waals surface area contributed by atoms with Gasteiger partial charge in [0.05, 0.1) is 0 Å². The highest BCUT2D eigenvalue weighted by Crippen LogP contribution is 2.12. The van der Waals surface area contributed by atoms with Crippen LogP contribution < -0.4 is 11.1 Å². The highest BCUT2D eigenvalue weighted by molar-refractivity contribution is 5.96. The summed E-state index contributed by atoms with van der Waals surface area (Å²) in [6.07, 6.45) is 1.86. The summed E-state index contributed by atoms with van der Waals surface area (Å²) in [7, 11) is 0. The second-order valence-electron chi connectivity index (χ2n) is 4.55. The second kappa shape index (κ2) is 6.40. The van der Waals surface area contributed by atoms with Crippen molar-refractivity contribution in [2.45, 2.75) is 39.7 Å². The third kappa shape index (κ3) is 3.86. The molecule has 0 radical (unpaired) electrons. The summed E-state index contributed by atoms with van der Waals surface area (Å²) in [6.45, 7) is 6.68. The lowest BCUT2D eigenvalue weighted by molar-refractivity contribution is 0.0937. The Kier molecular flexibility index (Phi) is 5.16. The number of rotatable bonds is 5. The predicted molar refractivity (Wildman–Crippen MR) is 71.1 cm³/mol. The van der Waals surface area contributed by atoms with Crippen LogP contribution in [0.25, 0.3) is 0 Å². The molecule has 0 aromatic heterocycles. The molecule has 0 bridgehead atoms. The lowest BCUT2D eigenvalue weighted by Crippen LogP contribution is -2.33. The van der Waals surface area contributed by atoms with Gasteiger partial charge in [0.1, 0.15) is 0 Å². The van der Waals surface area contributed by atoms with Gasteiger partial charge in [-0.3, -0.25) is 4.79 Å². The Bertz CT molecular complexity index is 388. The first-order valence-electron chi connectivity index (χ1n) is 6.13. The number of carbonyl (C=O) groups is 1. The summed E-state index contributed by atoms with van der Waals surface area (Å²) in [4.78, 5) is 12.0. The van der Waals surface area contributed by atoms with Gasteiger partial charge in [-0.1, -0.05) is 12.1 Å². The van der Waals surface area contributed by atoms with E-state index in [0.29, 0.717) is 6.54 Å². The van der Waals surface area contributed by atoms with Crippen LogP contribution in [0.2, 0.25) is 0 Å². The highest BCUT2D eigenvalue weighted by Gasteiger charge is 2.12. The van der Waals surface area contributed by atoms with Gasteiger partial charge in [-0.25, -0.2) is 0 Å². The van der Waals surface area contributed by atoms with Crippen molar-refractivity contribution in [3.05, 3.63) is 34.9 Å². The largest absolute Gasteiger partial charge is 0.350 e. The zero-order valence-corrected chi connectivity index (χ0v) is 10.9. The molecular formula is C14H22N2O. The Morgan fingerprint density at radius 2 is 2.12 bits per heavy atom. The van der Waals surface area contributed by atoms with E-state index in [1.165, 1.54) is 0 Å². The summed E-state index contributed by atoms with van der Waals surface area (Å²) in [5.74, 6) is 0.00993. The van der Waals surface area contributed by atoms with Crippen LogP contribution in [0.1, 0.15) is 41.3 Å². The molecule has 0 saturated carbocycles. The summed E-state index contributed by atoms with van der Waals surface area (Å²) >= 11 is 0. The fraction of sp³-hybridized carbons (Fsp3) is 0.500. The van der Waals surface area contributed by atoms with E-state index in [0.717, 1.165) is 29.5 Å². The number of nitrogens with two attached hydrogens (primary N) is 1. The van der Waals surface area contributed by atoms with Crippen LogP contribution in [-0.4, -0.2) is 18.5 Å². The average molecular weight is 234 g/mol. The lowest BCUT2D eigenvalue weighted by atomic mass is 10.0. The second-order valence-corrected chi connectivity index (χ2v) is 4.55. The summed E-state index contributed by atoms with van der Waals surface area (Å²) < 4.78 is 0. The normalized spacial score (nSPS) is 12.2. The molecule has 0 fully saturated rings. The molecule has 3 heteroatoms. The summed E-state index contributed by atoms with van der Waals surface area (Å²) in [6, 6.07) is 5.98. The molecule has 1 rings (SSSR count). The summed E-state index contributed by atoms with van der Waals surface area (Å²) in [5, 5.41) is 3.00. The zero-order valence-electron chi connectivity index (χ0n) is 10.9. The molecule has 1 aromatic carbocycles. The van der Waals surface area contributed by atoms with Gasteiger partial charge in [-0.05, 0) is 57.4 Å². The Labute approximate surface area is 103 Å². The number of carbonyl (C=O) groups excluding carboxylic acids is 1. The first kappa shape index (κ1) is 13.7. The van der Waals surface area contributed by atoms with Crippen molar-refractivity contribution in [2.24, 2.45) is 5.73 Å². The fourth-order valence-electron chi connectivity index (χ4n) is 1.79. The predicted octanol–water partition coefficient (Wildman–Crippen LogP) is 2.16. The smallest absolute Gasteiger partial charge is 0.251 e. The van der Waals surface area contributed by atoms with Gasteiger partial charge in [-0.15, -0.1) is 0 Å². The first-order valence-corrected chi connectivity index (χ1v) is 6.13. The van der Waals surface area contributed by atoms with Gasteiger partial charge >= 0.3 is 0 Å². The molecule has 1 aromatic rings. The Morgan fingerprint density at radius 1 is 1.41 bits per heavy atom. The average Bonchev–Trinajstić information content (AvgIpc) is 2.29. The minimum Gasteiger partial charge on any atom is -0.350 e. The third-order valence-electron chi connectivity index (χ3n) is 3.07. The number of hydrogen-bond acceptors (Lipinski definition) is 2. The van der Waals surface area contributed by atoms with E-state index < -0.39 is 0 Å². The van der Waals surface area contributed by atoms with Gasteiger partial charge in [-0.2, -0.15) is 0 Å². The monoisotopic (exact) mass is 234 g/mol. The van der Waals surface area contributed by atoms with E-state index in [9.17, 15) is 4.79 Å². The number of benzene rings is 1. The van der Waals surface area contributed by atoms with Crippen LogP contribution in [-0.2, 0) is 0 Å². The minimum absolute atomic E-state index is 0.00993. The van der Waals surface area contributed by atoms with E-state index in [2.05, 4.69) is 5.32 Å². The van der Waals surface area contributed by atoms with Gasteiger partial charge in [0.2, 0.25) is 0 Å². The Morgan fingerprint density at radius 3 is 2.76 bits per heavy atom. The molecule has 1 atom stereocenters. The molecule has 3 nitrogen and oxygen atoms in total. The molecular weight excluding hydrogens is 212 g/mol. The molecule has 0 aliphatic rings. The van der Waals surface area contributed by atoms with Crippen molar-refractivity contribution in [3.8, 4) is 0 Å². The van der Waals surface area contributed by atoms with E-state index in [4.69, 9.17) is 5.73 Å². The van der Waals surface area contributed by atoms with Crippen LogP contribution in [0.4, 0.5) is 0 Å². The molecule has 0 aliphatic carbocycles. The van der Waals surface area contributed by atoms with Gasteiger partial charge in [0, 0.05) is 11.6 Å². The Hall–Kier alpha value is -1.35. The van der Waals surface area contributed by atoms with Crippen molar-refractivity contribution in [3.63, 3.8) is 0 Å². The van der Waals surface area contributed by atoms with Crippen LogP contribution in [0, 0.1) is 13.8 Å². The van der Waals surface area contributed by atoms with E-state index in [1.807, 2.05) is 39.0 Å². The molecule has 0 heterocycles. The third-order valence-corrected chi connectivity index (χ3v) is 3.07. The molecule has 1 amide bonds. The molecule has 94 valence electrons. The van der Waals surface area contributed by atoms with Crippen molar-refractivity contribution in [1.82, 2.24) is 5.32 Å². The van der Waals surface area contributed by atoms with E-state index in [-0.39, 0.29) is 11.9 Å². The molecule has 0 aliphatic heterocycles.